The first kappa shape index (κ1) is 13.6. The van der Waals surface area contributed by atoms with Gasteiger partial charge in [-0.05, 0) is 17.9 Å². The van der Waals surface area contributed by atoms with Crippen molar-refractivity contribution in [1.29, 1.82) is 0 Å². The number of fused-ring (bicyclic) bond motifs is 1. The minimum absolute atomic E-state index is 0.0693. The highest BCUT2D eigenvalue weighted by Gasteiger charge is 2.71. The van der Waals surface area contributed by atoms with Crippen LogP contribution in [0.2, 0.25) is 0 Å². The van der Waals surface area contributed by atoms with Gasteiger partial charge in [0.15, 0.2) is 0 Å². The minimum Gasteiger partial charge on any atom is -0.469 e. The molecule has 1 saturated carbocycles. The summed E-state index contributed by atoms with van der Waals surface area (Å²) in [5, 5.41) is 0. The molecular weight excluding hydrogens is 254 g/mol. The smallest absolute Gasteiger partial charge is 0.313 e. The molecule has 3 rings (SSSR count). The van der Waals surface area contributed by atoms with Gasteiger partial charge in [0.2, 0.25) is 0 Å². The molecule has 1 aromatic carbocycles. The molecule has 4 heteroatoms. The zero-order chi connectivity index (χ0) is 14.2. The van der Waals surface area contributed by atoms with Gasteiger partial charge >= 0.3 is 5.97 Å². The van der Waals surface area contributed by atoms with Crippen LogP contribution in [-0.4, -0.2) is 44.3 Å². The maximum atomic E-state index is 12.2. The first-order chi connectivity index (χ1) is 9.72. The average molecular weight is 275 g/mol. The standard InChI is InChI=1S/C16H21NO3/c1-19-11-14-16(15(18)20-2)8-13(16)10-17(14)9-12-6-4-3-5-7-12/h3-7,13-14H,8-11H2,1-2H3/t13?,14?,16-/m1/s1. The number of rotatable bonds is 5. The molecule has 108 valence electrons. The molecule has 20 heavy (non-hydrogen) atoms. The van der Waals surface area contributed by atoms with Crippen molar-refractivity contribution in [2.75, 3.05) is 27.4 Å². The number of esters is 1. The summed E-state index contributed by atoms with van der Waals surface area (Å²) in [6.45, 7) is 2.40. The second kappa shape index (κ2) is 5.19. The van der Waals surface area contributed by atoms with Gasteiger partial charge in [0.05, 0.1) is 19.1 Å². The largest absolute Gasteiger partial charge is 0.469 e. The Kier molecular flexibility index (Phi) is 3.52. The Morgan fingerprint density at radius 2 is 2.10 bits per heavy atom. The third kappa shape index (κ3) is 2.03. The monoisotopic (exact) mass is 275 g/mol. The maximum Gasteiger partial charge on any atom is 0.313 e. The highest BCUT2D eigenvalue weighted by Crippen LogP contribution is 2.62. The van der Waals surface area contributed by atoms with Crippen molar-refractivity contribution in [2.24, 2.45) is 11.3 Å². The summed E-state index contributed by atoms with van der Waals surface area (Å²) in [4.78, 5) is 14.5. The Labute approximate surface area is 119 Å². The van der Waals surface area contributed by atoms with Crippen molar-refractivity contribution in [3.05, 3.63) is 35.9 Å². The number of nitrogens with zero attached hydrogens (tertiary/aromatic N) is 1. The van der Waals surface area contributed by atoms with Crippen LogP contribution in [0.5, 0.6) is 0 Å². The van der Waals surface area contributed by atoms with Gasteiger partial charge in [0.25, 0.3) is 0 Å². The molecule has 4 nitrogen and oxygen atoms in total. The molecule has 3 atom stereocenters. The van der Waals surface area contributed by atoms with E-state index in [1.165, 1.54) is 12.7 Å². The van der Waals surface area contributed by atoms with E-state index in [-0.39, 0.29) is 17.4 Å². The lowest BCUT2D eigenvalue weighted by Crippen LogP contribution is -2.43. The Morgan fingerprint density at radius 3 is 2.75 bits per heavy atom. The van der Waals surface area contributed by atoms with Gasteiger partial charge in [-0.25, -0.2) is 0 Å². The summed E-state index contributed by atoms with van der Waals surface area (Å²) in [7, 11) is 3.18. The molecule has 1 heterocycles. The van der Waals surface area contributed by atoms with E-state index < -0.39 is 0 Å². The van der Waals surface area contributed by atoms with Crippen molar-refractivity contribution in [1.82, 2.24) is 4.90 Å². The van der Waals surface area contributed by atoms with Crippen molar-refractivity contribution in [3.8, 4) is 0 Å². The topological polar surface area (TPSA) is 38.8 Å². The predicted molar refractivity (Wildman–Crippen MR) is 75.1 cm³/mol. The average Bonchev–Trinajstić information content (AvgIpc) is 3.12. The van der Waals surface area contributed by atoms with E-state index in [4.69, 9.17) is 9.47 Å². The number of piperidine rings is 1. The van der Waals surface area contributed by atoms with Gasteiger partial charge in [-0.3, -0.25) is 9.69 Å². The number of carbonyl (C=O) groups is 1. The van der Waals surface area contributed by atoms with Crippen LogP contribution in [0, 0.1) is 11.3 Å². The highest BCUT2D eigenvalue weighted by molar-refractivity contribution is 5.82. The second-order valence-electron chi connectivity index (χ2n) is 5.82. The highest BCUT2D eigenvalue weighted by atomic mass is 16.5. The summed E-state index contributed by atoms with van der Waals surface area (Å²) in [5.74, 6) is 0.360. The Balaban J connectivity index is 1.78. The molecule has 0 aromatic heterocycles. The van der Waals surface area contributed by atoms with Crippen molar-refractivity contribution < 1.29 is 14.3 Å². The third-order valence-corrected chi connectivity index (χ3v) is 4.76. The van der Waals surface area contributed by atoms with E-state index >= 15 is 0 Å². The van der Waals surface area contributed by atoms with Crippen LogP contribution in [0.3, 0.4) is 0 Å². The number of carbonyl (C=O) groups excluding carboxylic acids is 1. The van der Waals surface area contributed by atoms with Gasteiger partial charge in [0.1, 0.15) is 0 Å². The van der Waals surface area contributed by atoms with Crippen LogP contribution < -0.4 is 0 Å². The van der Waals surface area contributed by atoms with Crippen LogP contribution in [0.25, 0.3) is 0 Å². The van der Waals surface area contributed by atoms with E-state index in [0.717, 1.165) is 19.5 Å². The van der Waals surface area contributed by atoms with Crippen LogP contribution in [0.15, 0.2) is 30.3 Å². The van der Waals surface area contributed by atoms with E-state index in [9.17, 15) is 4.79 Å². The normalized spacial score (nSPS) is 31.9. The molecule has 1 aliphatic heterocycles. The summed E-state index contributed by atoms with van der Waals surface area (Å²) in [5.41, 5.74) is 0.953. The van der Waals surface area contributed by atoms with Crippen LogP contribution in [-0.2, 0) is 20.8 Å². The number of methoxy groups -OCH3 is 2. The summed E-state index contributed by atoms with van der Waals surface area (Å²) in [6.07, 6.45) is 0.943. The number of benzene rings is 1. The minimum atomic E-state index is -0.320. The zero-order valence-corrected chi connectivity index (χ0v) is 12.0. The molecule has 0 radical (unpaired) electrons. The van der Waals surface area contributed by atoms with Gasteiger partial charge in [-0.15, -0.1) is 0 Å². The van der Waals surface area contributed by atoms with E-state index in [0.29, 0.717) is 12.5 Å². The fourth-order valence-electron chi connectivity index (χ4n) is 3.70. The molecular formula is C16H21NO3. The van der Waals surface area contributed by atoms with Crippen LogP contribution >= 0.6 is 0 Å². The Hall–Kier alpha value is -1.39. The van der Waals surface area contributed by atoms with Gasteiger partial charge in [0, 0.05) is 26.2 Å². The van der Waals surface area contributed by atoms with Crippen molar-refractivity contribution in [2.45, 2.75) is 19.0 Å². The molecule has 1 aromatic rings. The Bertz CT molecular complexity index is 490. The first-order valence-corrected chi connectivity index (χ1v) is 7.07. The van der Waals surface area contributed by atoms with Crippen LogP contribution in [0.4, 0.5) is 0 Å². The van der Waals surface area contributed by atoms with Gasteiger partial charge in [-0.2, -0.15) is 0 Å². The third-order valence-electron chi connectivity index (χ3n) is 4.76. The summed E-state index contributed by atoms with van der Waals surface area (Å²) in [6, 6.07) is 10.5. The second-order valence-corrected chi connectivity index (χ2v) is 5.82. The van der Waals surface area contributed by atoms with Gasteiger partial charge < -0.3 is 9.47 Å². The number of ether oxygens (including phenoxy) is 2. The van der Waals surface area contributed by atoms with Crippen molar-refractivity contribution in [3.63, 3.8) is 0 Å². The fourth-order valence-corrected chi connectivity index (χ4v) is 3.70. The van der Waals surface area contributed by atoms with E-state index in [2.05, 4.69) is 17.0 Å². The SMILES string of the molecule is COCC1N(Cc2ccccc2)CC2C[C@@]21C(=O)OC. The molecule has 0 bridgehead atoms. The predicted octanol–water partition coefficient (Wildman–Crippen LogP) is 1.70. The maximum absolute atomic E-state index is 12.2. The number of hydrogen-bond acceptors (Lipinski definition) is 4. The van der Waals surface area contributed by atoms with E-state index in [1.807, 2.05) is 18.2 Å². The number of likely N-dealkylation sites (tertiary alicyclic amines) is 1. The lowest BCUT2D eigenvalue weighted by Gasteiger charge is -2.30. The van der Waals surface area contributed by atoms with E-state index in [1.54, 1.807) is 7.11 Å². The summed E-state index contributed by atoms with van der Waals surface area (Å²) < 4.78 is 10.4. The van der Waals surface area contributed by atoms with Crippen molar-refractivity contribution >= 4 is 5.97 Å². The lowest BCUT2D eigenvalue weighted by molar-refractivity contribution is -0.150. The molecule has 0 N–H and O–H groups in total. The Morgan fingerprint density at radius 1 is 1.35 bits per heavy atom. The fraction of sp³-hybridized carbons (Fsp3) is 0.562. The summed E-state index contributed by atoms with van der Waals surface area (Å²) >= 11 is 0. The zero-order valence-electron chi connectivity index (χ0n) is 12.0. The molecule has 2 aliphatic rings. The first-order valence-electron chi connectivity index (χ1n) is 7.07. The van der Waals surface area contributed by atoms with Gasteiger partial charge in [-0.1, -0.05) is 30.3 Å². The molecule has 1 saturated heterocycles. The van der Waals surface area contributed by atoms with Crippen LogP contribution in [0.1, 0.15) is 12.0 Å². The lowest BCUT2D eigenvalue weighted by atomic mass is 9.96. The molecule has 2 unspecified atom stereocenters. The molecule has 0 spiro atoms. The molecule has 0 amide bonds. The number of hydrogen-bond donors (Lipinski definition) is 0. The molecule has 1 aliphatic carbocycles. The molecule has 2 fully saturated rings. The quantitative estimate of drug-likeness (QED) is 0.767.